The Morgan fingerprint density at radius 1 is 0.977 bits per heavy atom. The average molecular weight is 625 g/mol. The lowest BCUT2D eigenvalue weighted by molar-refractivity contribution is -0.264. The van der Waals surface area contributed by atoms with E-state index in [1.165, 1.54) is 13.8 Å². The topological polar surface area (TPSA) is 156 Å². The smallest absolute Gasteiger partial charge is 0.309 e. The van der Waals surface area contributed by atoms with Crippen molar-refractivity contribution in [2.24, 2.45) is 28.6 Å². The van der Waals surface area contributed by atoms with Crippen LogP contribution >= 0.6 is 0 Å². The number of carbonyl (C=O) groups is 4. The third-order valence-corrected chi connectivity index (χ3v) is 11.0. The minimum atomic E-state index is -0.921. The van der Waals surface area contributed by atoms with Crippen molar-refractivity contribution < 1.29 is 57.4 Å². The van der Waals surface area contributed by atoms with Gasteiger partial charge in [-0.05, 0) is 51.4 Å². The zero-order valence-electron chi connectivity index (χ0n) is 26.7. The van der Waals surface area contributed by atoms with Crippen LogP contribution in [0.5, 0.6) is 0 Å². The first kappa shape index (κ1) is 33.1. The molecule has 12 atom stereocenters. The largest absolute Gasteiger partial charge is 0.465 e. The molecular weight excluding hydrogens is 576 g/mol. The lowest BCUT2D eigenvalue weighted by Gasteiger charge is -2.64. The van der Waals surface area contributed by atoms with Gasteiger partial charge in [-0.25, -0.2) is 0 Å². The Hall–Kier alpha value is -2.28. The third kappa shape index (κ3) is 6.11. The summed E-state index contributed by atoms with van der Waals surface area (Å²) in [6, 6.07) is 0. The summed E-state index contributed by atoms with van der Waals surface area (Å²) in [7, 11) is 0. The van der Waals surface area contributed by atoms with Crippen LogP contribution in [0.1, 0.15) is 86.5 Å². The molecule has 248 valence electrons. The van der Waals surface area contributed by atoms with Gasteiger partial charge in [0.2, 0.25) is 0 Å². The van der Waals surface area contributed by atoms with Gasteiger partial charge < -0.3 is 38.3 Å². The lowest BCUT2D eigenvalue weighted by atomic mass is 9.42. The Morgan fingerprint density at radius 2 is 1.66 bits per heavy atom. The summed E-state index contributed by atoms with van der Waals surface area (Å²) in [4.78, 5) is 49.1. The van der Waals surface area contributed by atoms with Gasteiger partial charge in [0, 0.05) is 31.6 Å². The molecule has 2 saturated carbocycles. The number of carbonyl (C=O) groups excluding carboxylic acids is 4. The van der Waals surface area contributed by atoms with Crippen LogP contribution in [0.15, 0.2) is 0 Å². The quantitative estimate of drug-likeness (QED) is 0.216. The highest BCUT2D eigenvalue weighted by molar-refractivity contribution is 5.73. The van der Waals surface area contributed by atoms with E-state index in [-0.39, 0.29) is 43.7 Å². The van der Waals surface area contributed by atoms with E-state index in [9.17, 15) is 24.3 Å². The van der Waals surface area contributed by atoms with E-state index in [4.69, 9.17) is 33.2 Å². The fourth-order valence-electron chi connectivity index (χ4n) is 8.85. The first-order valence-electron chi connectivity index (χ1n) is 16.0. The maximum atomic E-state index is 13.2. The standard InChI is InChI=1S/C32H48O12/c1-17-9-26(43-21(5)34)32(16-39-27(36)10-19(3)42-28(37)11-18(2)41-20(4)33)24(13-23(35)14-31(32)15-40-31)30(17,6)25-12-22-7-8-38-29(22)44-25/h17-19,22-26,29,35H,7-16H2,1-6H3/t17-,18+,19+,22-,23-,24-,25+,26+,29+,30+,31+,32+/m1/s1. The van der Waals surface area contributed by atoms with Gasteiger partial charge in [-0.1, -0.05) is 13.8 Å². The van der Waals surface area contributed by atoms with Crippen LogP contribution in [-0.4, -0.2) is 91.2 Å². The molecule has 5 rings (SSSR count). The number of fused-ring (bicyclic) bond motifs is 3. The van der Waals surface area contributed by atoms with Gasteiger partial charge in [-0.2, -0.15) is 0 Å². The Morgan fingerprint density at radius 3 is 2.30 bits per heavy atom. The van der Waals surface area contributed by atoms with E-state index in [0.717, 1.165) is 12.8 Å². The van der Waals surface area contributed by atoms with Crippen molar-refractivity contribution in [1.29, 1.82) is 0 Å². The molecular formula is C32H48O12. The first-order chi connectivity index (χ1) is 20.7. The van der Waals surface area contributed by atoms with Crippen LogP contribution in [-0.2, 0) is 52.3 Å². The van der Waals surface area contributed by atoms with Crippen molar-refractivity contribution in [3.63, 3.8) is 0 Å². The van der Waals surface area contributed by atoms with Crippen molar-refractivity contribution in [3.8, 4) is 0 Å². The SMILES string of the molecule is CC(=O)O[C@H]1C[C@@H](C)[C@](C)([C@@H]2C[C@H]3CCO[C@H]3O2)[C@H]2C[C@@H](O)C[C@]3(CO3)[C@]12COC(=O)C[C@H](C)OC(=O)C[C@H](C)OC(C)=O. The molecule has 1 N–H and O–H groups in total. The molecule has 3 aliphatic heterocycles. The molecule has 1 spiro atoms. The van der Waals surface area contributed by atoms with E-state index >= 15 is 0 Å². The van der Waals surface area contributed by atoms with Crippen LogP contribution in [0.25, 0.3) is 0 Å². The number of epoxide rings is 1. The maximum Gasteiger partial charge on any atom is 0.309 e. The van der Waals surface area contributed by atoms with Crippen LogP contribution in [0.2, 0.25) is 0 Å². The van der Waals surface area contributed by atoms with Gasteiger partial charge in [0.1, 0.15) is 30.5 Å². The molecule has 12 nitrogen and oxygen atoms in total. The summed E-state index contributed by atoms with van der Waals surface area (Å²) >= 11 is 0. The van der Waals surface area contributed by atoms with Gasteiger partial charge in [0.05, 0.1) is 43.7 Å². The molecule has 3 saturated heterocycles. The minimum Gasteiger partial charge on any atom is -0.465 e. The molecule has 0 aromatic heterocycles. The van der Waals surface area contributed by atoms with Crippen LogP contribution in [0.3, 0.4) is 0 Å². The van der Waals surface area contributed by atoms with Crippen molar-refractivity contribution >= 4 is 23.9 Å². The number of aliphatic hydroxyl groups excluding tert-OH is 1. The van der Waals surface area contributed by atoms with Gasteiger partial charge in [0.25, 0.3) is 0 Å². The fraction of sp³-hybridized carbons (Fsp3) is 0.875. The van der Waals surface area contributed by atoms with Crippen molar-refractivity contribution in [1.82, 2.24) is 0 Å². The van der Waals surface area contributed by atoms with Crippen LogP contribution in [0.4, 0.5) is 0 Å². The Balaban J connectivity index is 1.37. The third-order valence-electron chi connectivity index (χ3n) is 11.0. The predicted octanol–water partition coefficient (Wildman–Crippen LogP) is 2.85. The fourth-order valence-corrected chi connectivity index (χ4v) is 8.85. The highest BCUT2D eigenvalue weighted by Gasteiger charge is 2.77. The Bertz CT molecular complexity index is 1110. The second-order valence-corrected chi connectivity index (χ2v) is 14.0. The van der Waals surface area contributed by atoms with Gasteiger partial charge >= 0.3 is 23.9 Å². The second kappa shape index (κ2) is 12.5. The van der Waals surface area contributed by atoms with E-state index in [1.807, 2.05) is 0 Å². The molecule has 12 heteroatoms. The Labute approximate surface area is 258 Å². The molecule has 3 heterocycles. The molecule has 0 amide bonds. The van der Waals surface area contributed by atoms with E-state index < -0.39 is 64.7 Å². The zero-order valence-corrected chi connectivity index (χ0v) is 26.7. The number of hydrogen-bond donors (Lipinski definition) is 1. The van der Waals surface area contributed by atoms with Crippen molar-refractivity contribution in [3.05, 3.63) is 0 Å². The number of esters is 4. The molecule has 0 aromatic carbocycles. The summed E-state index contributed by atoms with van der Waals surface area (Å²) in [5.74, 6) is -1.99. The number of hydrogen-bond acceptors (Lipinski definition) is 12. The molecule has 5 fully saturated rings. The van der Waals surface area contributed by atoms with E-state index in [2.05, 4.69) is 13.8 Å². The van der Waals surface area contributed by atoms with Gasteiger partial charge in [0.15, 0.2) is 6.29 Å². The zero-order chi connectivity index (χ0) is 32.0. The molecule has 44 heavy (non-hydrogen) atoms. The molecule has 0 aromatic rings. The van der Waals surface area contributed by atoms with Crippen LogP contribution in [0, 0.1) is 28.6 Å². The Kier molecular flexibility index (Phi) is 9.39. The number of rotatable bonds is 10. The molecule has 5 aliphatic rings. The summed E-state index contributed by atoms with van der Waals surface area (Å²) in [5, 5.41) is 11.2. The number of ether oxygens (including phenoxy) is 7. The lowest BCUT2D eigenvalue weighted by Crippen LogP contribution is -2.70. The van der Waals surface area contributed by atoms with Crippen LogP contribution < -0.4 is 0 Å². The van der Waals surface area contributed by atoms with Gasteiger partial charge in [-0.15, -0.1) is 0 Å². The molecule has 0 bridgehead atoms. The summed E-state index contributed by atoms with van der Waals surface area (Å²) in [6.07, 6.45) is -0.335. The maximum absolute atomic E-state index is 13.2. The van der Waals surface area contributed by atoms with Gasteiger partial charge in [-0.3, -0.25) is 19.2 Å². The number of aliphatic hydroxyl groups is 1. The second-order valence-electron chi connectivity index (χ2n) is 14.0. The van der Waals surface area contributed by atoms with E-state index in [1.54, 1.807) is 13.8 Å². The highest BCUT2D eigenvalue weighted by Crippen LogP contribution is 2.70. The molecule has 0 radical (unpaired) electrons. The summed E-state index contributed by atoms with van der Waals surface area (Å²) in [6.45, 7) is 11.1. The average Bonchev–Trinajstić information content (AvgIpc) is 3.33. The molecule has 2 aliphatic carbocycles. The predicted molar refractivity (Wildman–Crippen MR) is 152 cm³/mol. The van der Waals surface area contributed by atoms with Crippen molar-refractivity contribution in [2.75, 3.05) is 19.8 Å². The minimum absolute atomic E-state index is 0.0550. The normalized spacial score (nSPS) is 42.0. The first-order valence-corrected chi connectivity index (χ1v) is 16.0. The van der Waals surface area contributed by atoms with E-state index in [0.29, 0.717) is 38.4 Å². The highest BCUT2D eigenvalue weighted by atomic mass is 16.7. The molecule has 0 unspecified atom stereocenters. The summed E-state index contributed by atoms with van der Waals surface area (Å²) in [5.41, 5.74) is -2.21. The van der Waals surface area contributed by atoms with Crippen molar-refractivity contribution in [2.45, 2.75) is 129 Å². The summed E-state index contributed by atoms with van der Waals surface area (Å²) < 4.78 is 41.0. The monoisotopic (exact) mass is 624 g/mol.